The van der Waals surface area contributed by atoms with E-state index >= 15 is 0 Å². The minimum atomic E-state index is -1.03. The second-order valence-corrected chi connectivity index (χ2v) is 20.8. The third-order valence-corrected chi connectivity index (χ3v) is 16.1. The summed E-state index contributed by atoms with van der Waals surface area (Å²) in [6, 6.07) is 4.00. The molecule has 1 aliphatic heterocycles. The monoisotopic (exact) mass is 398 g/mol. The van der Waals surface area contributed by atoms with E-state index in [-0.39, 0.29) is 0 Å². The molecule has 0 aliphatic carbocycles. The SMILES string of the molecule is [NH3+][Se][P+]([Se-])(CCC1=CC=C[O+]1)CCc1ccco1. The van der Waals surface area contributed by atoms with Crippen LogP contribution in [0.5, 0.6) is 0 Å². The Kier molecular flexibility index (Phi) is 5.56. The molecule has 1 radical (unpaired) electrons. The number of ether oxygens (including phenoxy) is 1. The predicted molar refractivity (Wildman–Crippen MR) is 76.4 cm³/mol. The second kappa shape index (κ2) is 6.96. The van der Waals surface area contributed by atoms with Crippen molar-refractivity contribution >= 4 is 34.9 Å². The van der Waals surface area contributed by atoms with Gasteiger partial charge in [-0.1, -0.05) is 0 Å². The van der Waals surface area contributed by atoms with Gasteiger partial charge in [-0.05, 0) is 0 Å². The van der Waals surface area contributed by atoms with Crippen molar-refractivity contribution in [2.24, 2.45) is 0 Å². The molecular formula is C12H17NO2PSe2+2. The summed E-state index contributed by atoms with van der Waals surface area (Å²) in [5.74, 6) is 2.16. The van der Waals surface area contributed by atoms with Crippen LogP contribution < -0.4 is 4.75 Å². The Labute approximate surface area is 122 Å². The van der Waals surface area contributed by atoms with Crippen LogP contribution in [0.1, 0.15) is 12.2 Å². The first-order chi connectivity index (χ1) is 8.72. The molecule has 0 spiro atoms. The maximum atomic E-state index is 5.40. The van der Waals surface area contributed by atoms with E-state index in [0.717, 1.165) is 24.4 Å². The third kappa shape index (κ3) is 4.27. The maximum absolute atomic E-state index is 5.40. The van der Waals surface area contributed by atoms with E-state index in [1.165, 1.54) is 12.3 Å². The number of quaternary nitrogens is 1. The molecule has 0 amide bonds. The molecule has 97 valence electrons. The van der Waals surface area contributed by atoms with Gasteiger partial charge in [0.25, 0.3) is 0 Å². The van der Waals surface area contributed by atoms with Gasteiger partial charge in [-0.3, -0.25) is 0 Å². The number of rotatable bonds is 7. The summed E-state index contributed by atoms with van der Waals surface area (Å²) >= 11 is 3.89. The van der Waals surface area contributed by atoms with Gasteiger partial charge in [0.2, 0.25) is 0 Å². The van der Waals surface area contributed by atoms with Gasteiger partial charge in [0, 0.05) is 0 Å². The van der Waals surface area contributed by atoms with E-state index in [4.69, 9.17) is 9.15 Å². The van der Waals surface area contributed by atoms with Gasteiger partial charge in [0.15, 0.2) is 0 Å². The van der Waals surface area contributed by atoms with Crippen molar-refractivity contribution in [1.29, 1.82) is 0 Å². The summed E-state index contributed by atoms with van der Waals surface area (Å²) in [4.78, 5) is 0. The van der Waals surface area contributed by atoms with Crippen LogP contribution in [0, 0.1) is 0 Å². The van der Waals surface area contributed by atoms with Gasteiger partial charge in [0.1, 0.15) is 0 Å². The molecule has 3 nitrogen and oxygen atoms in total. The molecule has 18 heavy (non-hydrogen) atoms. The molecule has 0 fully saturated rings. The van der Waals surface area contributed by atoms with Crippen molar-refractivity contribution < 1.29 is 13.9 Å². The fourth-order valence-electron chi connectivity index (χ4n) is 1.71. The van der Waals surface area contributed by atoms with E-state index in [1.54, 1.807) is 12.5 Å². The normalized spacial score (nSPS) is 17.3. The zero-order chi connectivity index (χ0) is 12.8. The first kappa shape index (κ1) is 14.4. The molecule has 1 aromatic heterocycles. The average molecular weight is 396 g/mol. The number of hydrogen-bond donors (Lipinski definition) is 1. The number of aryl methyl sites for hydroxylation is 1. The molecule has 0 saturated carbocycles. The molecule has 3 N–H and O–H groups in total. The van der Waals surface area contributed by atoms with E-state index in [9.17, 15) is 0 Å². The van der Waals surface area contributed by atoms with Gasteiger partial charge >= 0.3 is 122 Å². The first-order valence-corrected chi connectivity index (χ1v) is 13.6. The fraction of sp³-hybridized carbons (Fsp3) is 0.333. The second-order valence-electron chi connectivity index (χ2n) is 4.05. The average Bonchev–Trinajstić information content (AvgIpc) is 3.06. The van der Waals surface area contributed by atoms with Crippen LogP contribution in [0.3, 0.4) is 0 Å². The zero-order valence-corrected chi connectivity index (χ0v) is 14.4. The summed E-state index contributed by atoms with van der Waals surface area (Å²) < 4.78 is 13.9. The summed E-state index contributed by atoms with van der Waals surface area (Å²) in [5.41, 5.74) is 0. The molecule has 0 aromatic carbocycles. The Balaban J connectivity index is 1.81. The van der Waals surface area contributed by atoms with Crippen LogP contribution in [0.25, 0.3) is 0 Å². The first-order valence-electron chi connectivity index (χ1n) is 5.78. The quantitative estimate of drug-likeness (QED) is 0.432. The van der Waals surface area contributed by atoms with Crippen molar-refractivity contribution in [3.63, 3.8) is 0 Å². The third-order valence-electron chi connectivity index (χ3n) is 2.79. The van der Waals surface area contributed by atoms with Crippen LogP contribution in [-0.4, -0.2) is 42.6 Å². The van der Waals surface area contributed by atoms with Crippen LogP contribution in [0.4, 0.5) is 0 Å². The van der Waals surface area contributed by atoms with Crippen LogP contribution in [-0.2, 0) is 11.2 Å². The van der Waals surface area contributed by atoms with Crippen LogP contribution in [0.15, 0.2) is 47.0 Å². The Hall–Kier alpha value is -0.0110. The zero-order valence-electron chi connectivity index (χ0n) is 10.1. The van der Waals surface area contributed by atoms with Crippen molar-refractivity contribution in [3.05, 3.63) is 48.3 Å². The Morgan fingerprint density at radius 1 is 1.39 bits per heavy atom. The molecule has 1 aromatic rings. The summed E-state index contributed by atoms with van der Waals surface area (Å²) in [6.07, 6.45) is 11.9. The summed E-state index contributed by atoms with van der Waals surface area (Å²) in [6.45, 7) is 0. The Morgan fingerprint density at radius 3 is 2.83 bits per heavy atom. The molecule has 0 bridgehead atoms. The van der Waals surface area contributed by atoms with Gasteiger partial charge in [-0.25, -0.2) is 0 Å². The predicted octanol–water partition coefficient (Wildman–Crippen LogP) is 1.52. The fourth-order valence-corrected chi connectivity index (χ4v) is 7.24. The van der Waals surface area contributed by atoms with Crippen LogP contribution in [0.2, 0.25) is 0 Å². The van der Waals surface area contributed by atoms with Crippen molar-refractivity contribution in [3.8, 4) is 0 Å². The van der Waals surface area contributed by atoms with Gasteiger partial charge in [-0.2, -0.15) is 0 Å². The Bertz CT molecular complexity index is 433. The van der Waals surface area contributed by atoms with E-state index in [0.29, 0.717) is 14.7 Å². The van der Waals surface area contributed by atoms with Gasteiger partial charge in [0.05, 0.1) is 0 Å². The van der Waals surface area contributed by atoms with Crippen LogP contribution >= 0.6 is 4.64 Å². The molecule has 2 heterocycles. The molecular weight excluding hydrogens is 379 g/mol. The van der Waals surface area contributed by atoms with E-state index < -0.39 is 4.64 Å². The summed E-state index contributed by atoms with van der Waals surface area (Å²) in [5, 5.41) is 0. The van der Waals surface area contributed by atoms with E-state index in [2.05, 4.69) is 20.3 Å². The standard InChI is InChI=1S/C12H16NO2PSe2/c13-18-16(17,9-5-11-3-1-7-14-11)10-6-12-4-2-8-15-12/h1-4,7-8H,5-6,9-10,13H2/q+1/p+1. The van der Waals surface area contributed by atoms with Gasteiger partial charge < -0.3 is 0 Å². The molecule has 1 aliphatic rings. The summed E-state index contributed by atoms with van der Waals surface area (Å²) in [7, 11) is 0. The molecule has 1 unspecified atom stereocenters. The minimum absolute atomic E-state index is 0.437. The van der Waals surface area contributed by atoms with Crippen molar-refractivity contribution in [2.45, 2.75) is 12.8 Å². The van der Waals surface area contributed by atoms with E-state index in [1.807, 2.05) is 24.3 Å². The number of hydrogen-bond acceptors (Lipinski definition) is 2. The Morgan fingerprint density at radius 2 is 2.22 bits per heavy atom. The van der Waals surface area contributed by atoms with Crippen molar-refractivity contribution in [1.82, 2.24) is 0 Å². The number of furan rings is 1. The topological polar surface area (TPSA) is 52.1 Å². The van der Waals surface area contributed by atoms with Gasteiger partial charge in [-0.15, -0.1) is 0 Å². The molecule has 6 heteroatoms. The molecule has 1 atom stereocenters. The molecule has 0 saturated heterocycles. The molecule has 2 rings (SSSR count). The number of allylic oxidation sites excluding steroid dienone is 3. The van der Waals surface area contributed by atoms with Crippen molar-refractivity contribution in [2.75, 3.05) is 12.3 Å².